The van der Waals surface area contributed by atoms with E-state index >= 15 is 0 Å². The highest BCUT2D eigenvalue weighted by molar-refractivity contribution is 5.88. The van der Waals surface area contributed by atoms with Gasteiger partial charge in [-0.2, -0.15) is 0 Å². The number of pyridine rings is 1. The van der Waals surface area contributed by atoms with E-state index in [1.54, 1.807) is 0 Å². The Labute approximate surface area is 143 Å². The number of nitrogens with zero attached hydrogens (tertiary/aromatic N) is 1. The largest absolute Gasteiger partial charge is 0.481 e. The van der Waals surface area contributed by atoms with E-state index in [0.29, 0.717) is 11.8 Å². The van der Waals surface area contributed by atoms with Crippen LogP contribution in [0.3, 0.4) is 0 Å². The molecule has 0 saturated heterocycles. The van der Waals surface area contributed by atoms with Gasteiger partial charge in [0.05, 0.1) is 11.9 Å². The molecule has 1 N–H and O–H groups in total. The highest BCUT2D eigenvalue weighted by Gasteiger charge is 2.24. The van der Waals surface area contributed by atoms with Gasteiger partial charge in [0.15, 0.2) is 0 Å². The summed E-state index contributed by atoms with van der Waals surface area (Å²) in [6, 6.07) is 8.43. The third-order valence-electron chi connectivity index (χ3n) is 5.89. The number of rotatable bonds is 4. The minimum Gasteiger partial charge on any atom is -0.481 e. The predicted octanol–water partition coefficient (Wildman–Crippen LogP) is 5.18. The Kier molecular flexibility index (Phi) is 4.26. The molecule has 3 nitrogen and oxygen atoms in total. The maximum atomic E-state index is 11.4. The van der Waals surface area contributed by atoms with Crippen molar-refractivity contribution in [3.8, 4) is 0 Å². The molecule has 2 aliphatic rings. The second kappa shape index (κ2) is 6.54. The van der Waals surface area contributed by atoms with Crippen molar-refractivity contribution >= 4 is 16.9 Å². The first kappa shape index (κ1) is 15.6. The molecule has 1 heterocycles. The molecule has 3 heteroatoms. The SMILES string of the molecule is O=C(O)Cc1cc(C2CCCC2)nc2c(C3CCCC3)cccc12. The van der Waals surface area contributed by atoms with Gasteiger partial charge in [0.2, 0.25) is 0 Å². The van der Waals surface area contributed by atoms with E-state index in [0.717, 1.165) is 22.2 Å². The van der Waals surface area contributed by atoms with Crippen molar-refractivity contribution in [2.75, 3.05) is 0 Å². The summed E-state index contributed by atoms with van der Waals surface area (Å²) in [6.45, 7) is 0. The zero-order valence-corrected chi connectivity index (χ0v) is 14.1. The number of carboxylic acid groups (broad SMARTS) is 1. The summed E-state index contributed by atoms with van der Waals surface area (Å²) in [7, 11) is 0. The molecular weight excluding hydrogens is 298 g/mol. The standard InChI is InChI=1S/C21H25NO2/c23-20(24)13-16-12-19(15-8-3-4-9-15)22-21-17(10-5-11-18(16)21)14-6-1-2-7-14/h5,10-12,14-15H,1-4,6-9,13H2,(H,23,24). The number of aliphatic carboxylic acids is 1. The molecule has 2 fully saturated rings. The Balaban J connectivity index is 1.87. The molecule has 1 aromatic heterocycles. The summed E-state index contributed by atoms with van der Waals surface area (Å²) in [5.41, 5.74) is 4.48. The van der Waals surface area contributed by atoms with Crippen molar-refractivity contribution in [2.45, 2.75) is 69.6 Å². The predicted molar refractivity (Wildman–Crippen MR) is 95.5 cm³/mol. The number of hydrogen-bond donors (Lipinski definition) is 1. The first-order valence-corrected chi connectivity index (χ1v) is 9.36. The van der Waals surface area contributed by atoms with Crippen molar-refractivity contribution in [3.63, 3.8) is 0 Å². The van der Waals surface area contributed by atoms with Crippen LogP contribution in [0.5, 0.6) is 0 Å². The van der Waals surface area contributed by atoms with Crippen LogP contribution in [-0.4, -0.2) is 16.1 Å². The highest BCUT2D eigenvalue weighted by Crippen LogP contribution is 2.40. The Morgan fingerprint density at radius 3 is 2.38 bits per heavy atom. The number of aromatic nitrogens is 1. The molecular formula is C21H25NO2. The fourth-order valence-corrected chi connectivity index (χ4v) is 4.67. The maximum Gasteiger partial charge on any atom is 0.307 e. The average Bonchev–Trinajstić information content (AvgIpc) is 3.27. The van der Waals surface area contributed by atoms with E-state index in [1.165, 1.54) is 56.9 Å². The van der Waals surface area contributed by atoms with Crippen LogP contribution in [0.2, 0.25) is 0 Å². The molecule has 0 unspecified atom stereocenters. The van der Waals surface area contributed by atoms with Gasteiger partial charge >= 0.3 is 5.97 Å². The lowest BCUT2D eigenvalue weighted by atomic mass is 9.91. The number of hydrogen-bond acceptors (Lipinski definition) is 2. The summed E-state index contributed by atoms with van der Waals surface area (Å²) in [5.74, 6) is 0.349. The number of fused-ring (bicyclic) bond motifs is 1. The van der Waals surface area contributed by atoms with Crippen LogP contribution < -0.4 is 0 Å². The van der Waals surface area contributed by atoms with Gasteiger partial charge in [0.25, 0.3) is 0 Å². The van der Waals surface area contributed by atoms with E-state index in [-0.39, 0.29) is 6.42 Å². The van der Waals surface area contributed by atoms with Gasteiger partial charge in [0.1, 0.15) is 0 Å². The van der Waals surface area contributed by atoms with Gasteiger partial charge in [-0.25, -0.2) is 0 Å². The van der Waals surface area contributed by atoms with Crippen LogP contribution in [0.1, 0.15) is 80.0 Å². The zero-order valence-electron chi connectivity index (χ0n) is 14.1. The fourth-order valence-electron chi connectivity index (χ4n) is 4.67. The minimum atomic E-state index is -0.758. The number of carboxylic acids is 1. The third kappa shape index (κ3) is 2.92. The van der Waals surface area contributed by atoms with Gasteiger partial charge in [-0.3, -0.25) is 9.78 Å². The molecule has 0 atom stereocenters. The van der Waals surface area contributed by atoms with Crippen LogP contribution >= 0.6 is 0 Å². The van der Waals surface area contributed by atoms with Crippen LogP contribution in [0.4, 0.5) is 0 Å². The second-order valence-electron chi connectivity index (χ2n) is 7.48. The van der Waals surface area contributed by atoms with Gasteiger partial charge < -0.3 is 5.11 Å². The average molecular weight is 323 g/mol. The summed E-state index contributed by atoms with van der Waals surface area (Å²) >= 11 is 0. The van der Waals surface area contributed by atoms with Crippen LogP contribution in [0, 0.1) is 0 Å². The Bertz CT molecular complexity index is 756. The van der Waals surface area contributed by atoms with Crippen molar-refractivity contribution < 1.29 is 9.90 Å². The molecule has 126 valence electrons. The lowest BCUT2D eigenvalue weighted by molar-refractivity contribution is -0.136. The molecule has 0 aliphatic heterocycles. The quantitative estimate of drug-likeness (QED) is 0.843. The van der Waals surface area contributed by atoms with E-state index in [2.05, 4.69) is 24.3 Å². The Hall–Kier alpha value is -1.90. The molecule has 24 heavy (non-hydrogen) atoms. The second-order valence-corrected chi connectivity index (χ2v) is 7.48. The number of benzene rings is 1. The van der Waals surface area contributed by atoms with E-state index in [1.807, 2.05) is 0 Å². The fraction of sp³-hybridized carbons (Fsp3) is 0.524. The lowest BCUT2D eigenvalue weighted by Crippen LogP contribution is -2.07. The number of para-hydroxylation sites is 1. The van der Waals surface area contributed by atoms with Crippen LogP contribution in [0.25, 0.3) is 10.9 Å². The van der Waals surface area contributed by atoms with E-state index in [9.17, 15) is 9.90 Å². The summed E-state index contributed by atoms with van der Waals surface area (Å²) in [5, 5.41) is 10.4. The molecule has 2 aromatic rings. The molecule has 2 saturated carbocycles. The van der Waals surface area contributed by atoms with Crippen molar-refractivity contribution in [2.24, 2.45) is 0 Å². The normalized spacial score (nSPS) is 19.3. The number of carbonyl (C=O) groups is 1. The Morgan fingerprint density at radius 1 is 1.04 bits per heavy atom. The molecule has 1 aromatic carbocycles. The topological polar surface area (TPSA) is 50.2 Å². The summed E-state index contributed by atoms with van der Waals surface area (Å²) in [4.78, 5) is 16.4. The molecule has 2 aliphatic carbocycles. The van der Waals surface area contributed by atoms with E-state index in [4.69, 9.17) is 4.98 Å². The van der Waals surface area contributed by atoms with Gasteiger partial charge in [-0.1, -0.05) is 43.9 Å². The first-order chi connectivity index (χ1) is 11.7. The van der Waals surface area contributed by atoms with Crippen molar-refractivity contribution in [3.05, 3.63) is 41.1 Å². The van der Waals surface area contributed by atoms with Gasteiger partial charge in [-0.15, -0.1) is 0 Å². The smallest absolute Gasteiger partial charge is 0.307 e. The van der Waals surface area contributed by atoms with Crippen molar-refractivity contribution in [1.82, 2.24) is 4.98 Å². The molecule has 0 bridgehead atoms. The first-order valence-electron chi connectivity index (χ1n) is 9.36. The maximum absolute atomic E-state index is 11.4. The van der Waals surface area contributed by atoms with Gasteiger partial charge in [-0.05, 0) is 48.8 Å². The monoisotopic (exact) mass is 323 g/mol. The third-order valence-corrected chi connectivity index (χ3v) is 5.89. The van der Waals surface area contributed by atoms with Gasteiger partial charge in [0, 0.05) is 17.0 Å². The van der Waals surface area contributed by atoms with E-state index < -0.39 is 5.97 Å². The van der Waals surface area contributed by atoms with Crippen LogP contribution in [0.15, 0.2) is 24.3 Å². The summed E-state index contributed by atoms with van der Waals surface area (Å²) in [6.07, 6.45) is 10.1. The van der Waals surface area contributed by atoms with Crippen LogP contribution in [-0.2, 0) is 11.2 Å². The summed E-state index contributed by atoms with van der Waals surface area (Å²) < 4.78 is 0. The molecule has 0 spiro atoms. The highest BCUT2D eigenvalue weighted by atomic mass is 16.4. The van der Waals surface area contributed by atoms with Crippen molar-refractivity contribution in [1.29, 1.82) is 0 Å². The minimum absolute atomic E-state index is 0.0901. The Morgan fingerprint density at radius 2 is 1.71 bits per heavy atom. The zero-order chi connectivity index (χ0) is 16.5. The molecule has 0 radical (unpaired) electrons. The lowest BCUT2D eigenvalue weighted by Gasteiger charge is -2.17. The molecule has 4 rings (SSSR count). The molecule has 0 amide bonds.